The average molecular weight is 291 g/mol. The zero-order valence-corrected chi connectivity index (χ0v) is 12.0. The Bertz CT molecular complexity index is 349. The third-order valence-electron chi connectivity index (χ3n) is 2.94. The Morgan fingerprint density at radius 3 is 2.35 bits per heavy atom. The van der Waals surface area contributed by atoms with Crippen LogP contribution in [-0.2, 0) is 28.5 Å². The van der Waals surface area contributed by atoms with Crippen molar-refractivity contribution in [2.24, 2.45) is 0 Å². The smallest absolute Gasteiger partial charge is 0.303 e. The SMILES string of the molecule is COCC1OC(O)C(NC(C)=O)C(OC(C)=O)C1OC. The van der Waals surface area contributed by atoms with Crippen molar-refractivity contribution in [1.82, 2.24) is 5.32 Å². The summed E-state index contributed by atoms with van der Waals surface area (Å²) in [6.07, 6.45) is -3.48. The van der Waals surface area contributed by atoms with Crippen LogP contribution in [0.1, 0.15) is 13.8 Å². The van der Waals surface area contributed by atoms with E-state index in [2.05, 4.69) is 5.32 Å². The number of hydrogen-bond acceptors (Lipinski definition) is 7. The highest BCUT2D eigenvalue weighted by atomic mass is 16.7. The van der Waals surface area contributed by atoms with Crippen LogP contribution in [0.4, 0.5) is 0 Å². The lowest BCUT2D eigenvalue weighted by molar-refractivity contribution is -0.264. The third kappa shape index (κ3) is 4.14. The first-order valence-electron chi connectivity index (χ1n) is 6.20. The molecule has 0 radical (unpaired) electrons. The maximum Gasteiger partial charge on any atom is 0.303 e. The first kappa shape index (κ1) is 16.8. The van der Waals surface area contributed by atoms with Gasteiger partial charge in [-0.1, -0.05) is 0 Å². The van der Waals surface area contributed by atoms with E-state index in [1.165, 1.54) is 28.1 Å². The summed E-state index contributed by atoms with van der Waals surface area (Å²) in [4.78, 5) is 22.4. The Morgan fingerprint density at radius 1 is 1.25 bits per heavy atom. The fraction of sp³-hybridized carbons (Fsp3) is 0.833. The molecule has 1 rings (SSSR count). The number of carbonyl (C=O) groups excluding carboxylic acids is 2. The van der Waals surface area contributed by atoms with Gasteiger partial charge in [0.15, 0.2) is 12.4 Å². The molecule has 0 saturated carbocycles. The molecule has 0 aromatic heterocycles. The molecular formula is C12H21NO7. The number of ether oxygens (including phenoxy) is 4. The number of rotatable bonds is 5. The van der Waals surface area contributed by atoms with Crippen LogP contribution in [0, 0.1) is 0 Å². The molecule has 0 aromatic rings. The standard InChI is InChI=1S/C12H21NO7/c1-6(14)13-9-11(19-7(2)15)10(18-4)8(5-17-3)20-12(9)16/h8-12,16H,5H2,1-4H3,(H,13,14). The molecule has 1 aliphatic heterocycles. The Morgan fingerprint density at radius 2 is 1.90 bits per heavy atom. The van der Waals surface area contributed by atoms with Gasteiger partial charge < -0.3 is 29.4 Å². The summed E-state index contributed by atoms with van der Waals surface area (Å²) in [6.45, 7) is 2.69. The van der Waals surface area contributed by atoms with Crippen molar-refractivity contribution in [3.63, 3.8) is 0 Å². The topological polar surface area (TPSA) is 103 Å². The van der Waals surface area contributed by atoms with Crippen LogP contribution in [0.25, 0.3) is 0 Å². The molecule has 1 amide bonds. The van der Waals surface area contributed by atoms with E-state index < -0.39 is 36.6 Å². The summed E-state index contributed by atoms with van der Waals surface area (Å²) in [6, 6.07) is -0.908. The second-order valence-corrected chi connectivity index (χ2v) is 4.52. The van der Waals surface area contributed by atoms with Gasteiger partial charge in [-0.15, -0.1) is 0 Å². The minimum atomic E-state index is -1.32. The van der Waals surface area contributed by atoms with Gasteiger partial charge in [-0.2, -0.15) is 0 Å². The predicted octanol–water partition coefficient (Wildman–Crippen LogP) is -1.20. The second kappa shape index (κ2) is 7.53. The van der Waals surface area contributed by atoms with E-state index in [0.717, 1.165) is 0 Å². The monoisotopic (exact) mass is 291 g/mol. The molecule has 20 heavy (non-hydrogen) atoms. The maximum atomic E-state index is 11.2. The molecule has 8 nitrogen and oxygen atoms in total. The molecule has 1 fully saturated rings. The predicted molar refractivity (Wildman–Crippen MR) is 66.7 cm³/mol. The molecule has 1 aliphatic rings. The van der Waals surface area contributed by atoms with Crippen LogP contribution in [0.3, 0.4) is 0 Å². The highest BCUT2D eigenvalue weighted by molar-refractivity contribution is 5.73. The summed E-state index contributed by atoms with van der Waals surface area (Å²) < 4.78 is 20.8. The molecule has 5 atom stereocenters. The van der Waals surface area contributed by atoms with Crippen LogP contribution >= 0.6 is 0 Å². The average Bonchev–Trinajstić information content (AvgIpc) is 2.33. The molecule has 0 spiro atoms. The highest BCUT2D eigenvalue weighted by Gasteiger charge is 2.48. The van der Waals surface area contributed by atoms with E-state index >= 15 is 0 Å². The van der Waals surface area contributed by atoms with Crippen molar-refractivity contribution < 1.29 is 33.6 Å². The van der Waals surface area contributed by atoms with Crippen molar-refractivity contribution in [3.05, 3.63) is 0 Å². The second-order valence-electron chi connectivity index (χ2n) is 4.52. The number of aliphatic hydroxyl groups is 1. The fourth-order valence-electron chi connectivity index (χ4n) is 2.22. The van der Waals surface area contributed by atoms with E-state index in [1.54, 1.807) is 0 Å². The zero-order chi connectivity index (χ0) is 15.3. The molecule has 5 unspecified atom stereocenters. The summed E-state index contributed by atoms with van der Waals surface area (Å²) in [7, 11) is 2.90. The Kier molecular flexibility index (Phi) is 6.34. The largest absolute Gasteiger partial charge is 0.457 e. The first-order valence-corrected chi connectivity index (χ1v) is 6.20. The van der Waals surface area contributed by atoms with E-state index in [4.69, 9.17) is 18.9 Å². The van der Waals surface area contributed by atoms with E-state index in [1.807, 2.05) is 0 Å². The molecule has 0 bridgehead atoms. The number of amides is 1. The van der Waals surface area contributed by atoms with Crippen LogP contribution in [-0.4, -0.2) is 68.5 Å². The lowest BCUT2D eigenvalue weighted by Gasteiger charge is -2.43. The van der Waals surface area contributed by atoms with Gasteiger partial charge in [0.25, 0.3) is 0 Å². The normalized spacial score (nSPS) is 33.5. The van der Waals surface area contributed by atoms with Crippen LogP contribution in [0.5, 0.6) is 0 Å². The minimum Gasteiger partial charge on any atom is -0.457 e. The molecule has 0 aliphatic carbocycles. The van der Waals surface area contributed by atoms with Gasteiger partial charge in [0, 0.05) is 28.1 Å². The number of carbonyl (C=O) groups is 2. The first-order chi connectivity index (χ1) is 9.40. The summed E-state index contributed by atoms with van der Waals surface area (Å²) in [5, 5.41) is 12.5. The quantitative estimate of drug-likeness (QED) is 0.613. The molecular weight excluding hydrogens is 270 g/mol. The number of nitrogens with one attached hydrogen (secondary N) is 1. The van der Waals surface area contributed by atoms with Crippen LogP contribution < -0.4 is 5.32 Å². The van der Waals surface area contributed by atoms with Crippen molar-refractivity contribution in [2.45, 2.75) is 44.5 Å². The third-order valence-corrected chi connectivity index (χ3v) is 2.94. The Balaban J connectivity index is 2.97. The lowest BCUT2D eigenvalue weighted by atomic mass is 9.96. The number of esters is 1. The van der Waals surface area contributed by atoms with E-state index in [-0.39, 0.29) is 12.5 Å². The molecule has 1 heterocycles. The summed E-state index contributed by atoms with van der Waals surface area (Å²) in [5.41, 5.74) is 0. The van der Waals surface area contributed by atoms with Gasteiger partial charge in [0.2, 0.25) is 5.91 Å². The Hall–Kier alpha value is -1.22. The van der Waals surface area contributed by atoms with Gasteiger partial charge in [0.05, 0.1) is 6.61 Å². The lowest BCUT2D eigenvalue weighted by Crippen LogP contribution is -2.65. The van der Waals surface area contributed by atoms with Crippen molar-refractivity contribution >= 4 is 11.9 Å². The van der Waals surface area contributed by atoms with Gasteiger partial charge in [-0.05, 0) is 0 Å². The van der Waals surface area contributed by atoms with E-state index in [9.17, 15) is 14.7 Å². The molecule has 116 valence electrons. The van der Waals surface area contributed by atoms with Crippen molar-refractivity contribution in [1.29, 1.82) is 0 Å². The van der Waals surface area contributed by atoms with Crippen molar-refractivity contribution in [2.75, 3.05) is 20.8 Å². The summed E-state index contributed by atoms with van der Waals surface area (Å²) >= 11 is 0. The van der Waals surface area contributed by atoms with Gasteiger partial charge in [0.1, 0.15) is 18.2 Å². The fourth-order valence-corrected chi connectivity index (χ4v) is 2.22. The minimum absolute atomic E-state index is 0.153. The zero-order valence-electron chi connectivity index (χ0n) is 12.0. The number of methoxy groups -OCH3 is 2. The molecule has 0 aromatic carbocycles. The summed E-state index contributed by atoms with van der Waals surface area (Å²) in [5.74, 6) is -0.924. The maximum absolute atomic E-state index is 11.2. The highest BCUT2D eigenvalue weighted by Crippen LogP contribution is 2.25. The van der Waals surface area contributed by atoms with Gasteiger partial charge in [-0.25, -0.2) is 0 Å². The van der Waals surface area contributed by atoms with Gasteiger partial charge in [-0.3, -0.25) is 9.59 Å². The molecule has 2 N–H and O–H groups in total. The van der Waals surface area contributed by atoms with Crippen molar-refractivity contribution in [3.8, 4) is 0 Å². The Labute approximate surface area is 117 Å². The molecule has 1 saturated heterocycles. The van der Waals surface area contributed by atoms with Crippen LogP contribution in [0.15, 0.2) is 0 Å². The van der Waals surface area contributed by atoms with Gasteiger partial charge >= 0.3 is 5.97 Å². The van der Waals surface area contributed by atoms with Crippen LogP contribution in [0.2, 0.25) is 0 Å². The molecule has 8 heteroatoms. The number of hydrogen-bond donors (Lipinski definition) is 2. The number of aliphatic hydroxyl groups excluding tert-OH is 1. The van der Waals surface area contributed by atoms with E-state index in [0.29, 0.717) is 0 Å².